The molecular weight excluding hydrogens is 1780 g/mol. The molecule has 145 heavy (non-hydrogen) atoms. The van der Waals surface area contributed by atoms with E-state index in [-0.39, 0.29) is 0 Å². The van der Waals surface area contributed by atoms with Crippen LogP contribution in [0.4, 0.5) is 0 Å². The average molecular weight is 1880 g/mol. The summed E-state index contributed by atoms with van der Waals surface area (Å²) in [4.78, 5) is 15.9. The van der Waals surface area contributed by atoms with Gasteiger partial charge < -0.3 is 13.3 Å². The number of rotatable bonds is 13. The Morgan fingerprint density at radius 2 is 0.600 bits per heavy atom. The van der Waals surface area contributed by atoms with Crippen molar-refractivity contribution in [2.24, 2.45) is 0 Å². The number of para-hydroxylation sites is 3. The number of benzene rings is 20. The molecule has 0 aliphatic carbocycles. The SMILES string of the molecule is CC(C)[Si](c1ccc2nc(-n3c4ccc(-c5ccc6oc7ccccc7c6c5)cc4c4c5ccccc5ccc43)ccc2c1)(C(C)C)C(C)C.Cc1cccc(-c2cc(-c3ccccc3)cc(-n3c4ccc(-c5ccc6oc7ccccc7c6c5)cc4c4c5ccccc5ccc43)n2)c1.c1ccc(-c2cnc(-n3c4ccc(-c5ccc6oc7ccccc7c6c5)cc4c4c5ccccc5ccc43)c3ccccc23)cc1. The van der Waals surface area contributed by atoms with Gasteiger partial charge in [0.05, 0.1) is 52.4 Å². The fourth-order valence-corrected chi connectivity index (χ4v) is 31.2. The molecule has 29 rings (SSSR count). The van der Waals surface area contributed by atoms with Crippen molar-refractivity contribution in [3.63, 3.8) is 0 Å². The molecule has 9 aromatic heterocycles. The highest BCUT2D eigenvalue weighted by molar-refractivity contribution is 6.95. The number of pyridine rings is 3. The topological polar surface area (TPSA) is 92.9 Å². The zero-order valence-corrected chi connectivity index (χ0v) is 82.4. The van der Waals surface area contributed by atoms with E-state index in [2.05, 4.69) is 469 Å². The van der Waals surface area contributed by atoms with Gasteiger partial charge in [-0.05, 0) is 257 Å². The van der Waals surface area contributed by atoms with Crippen LogP contribution >= 0.6 is 0 Å². The first-order valence-electron chi connectivity index (χ1n) is 50.4. The van der Waals surface area contributed by atoms with Crippen LogP contribution < -0.4 is 5.19 Å². The quantitative estimate of drug-likeness (QED) is 0.107. The lowest BCUT2D eigenvalue weighted by molar-refractivity contribution is 0.668. The first-order chi connectivity index (χ1) is 71.2. The lowest BCUT2D eigenvalue weighted by Crippen LogP contribution is -2.55. The summed E-state index contributed by atoms with van der Waals surface area (Å²) in [5.74, 6) is 2.77. The predicted octanol–water partition coefficient (Wildman–Crippen LogP) is 37.2. The normalized spacial score (nSPS) is 12.2. The van der Waals surface area contributed by atoms with E-state index in [1.807, 2.05) is 42.6 Å². The maximum Gasteiger partial charge on any atom is 0.145 e. The Balaban J connectivity index is 0.000000108. The van der Waals surface area contributed by atoms with E-state index in [0.29, 0.717) is 16.6 Å². The Kier molecular flexibility index (Phi) is 20.6. The van der Waals surface area contributed by atoms with Crippen molar-refractivity contribution < 1.29 is 13.3 Å². The van der Waals surface area contributed by atoms with Gasteiger partial charge in [-0.15, -0.1) is 0 Å². The van der Waals surface area contributed by atoms with Crippen molar-refractivity contribution in [3.8, 4) is 84.3 Å². The molecule has 0 bridgehead atoms. The maximum atomic E-state index is 6.15. The van der Waals surface area contributed by atoms with E-state index in [1.54, 1.807) is 5.19 Å². The monoisotopic (exact) mass is 1880 g/mol. The predicted molar refractivity (Wildman–Crippen MR) is 613 cm³/mol. The smallest absolute Gasteiger partial charge is 0.145 e. The van der Waals surface area contributed by atoms with E-state index in [1.165, 1.54) is 103 Å². The molecule has 0 radical (unpaired) electrons. The second-order valence-corrected chi connectivity index (χ2v) is 45.8. The molecule has 0 amide bonds. The summed E-state index contributed by atoms with van der Waals surface area (Å²) >= 11 is 0. The summed E-state index contributed by atoms with van der Waals surface area (Å²) in [5.41, 5.74) is 30.2. The fourth-order valence-electron chi connectivity index (χ4n) is 24.4. The van der Waals surface area contributed by atoms with Crippen LogP contribution in [0.1, 0.15) is 47.1 Å². The third-order valence-corrected chi connectivity index (χ3v) is 37.9. The van der Waals surface area contributed by atoms with Crippen LogP contribution in [0.25, 0.3) is 270 Å². The first kappa shape index (κ1) is 86.3. The molecule has 0 fully saturated rings. The number of furan rings is 3. The molecule has 0 unspecified atom stereocenters. The summed E-state index contributed by atoms with van der Waals surface area (Å²) < 4.78 is 25.5. The van der Waals surface area contributed by atoms with E-state index in [4.69, 9.17) is 28.2 Å². The van der Waals surface area contributed by atoms with Gasteiger partial charge in [-0.25, -0.2) is 15.0 Å². The highest BCUT2D eigenvalue weighted by atomic mass is 28.3. The van der Waals surface area contributed by atoms with Gasteiger partial charge in [0.2, 0.25) is 0 Å². The van der Waals surface area contributed by atoms with Crippen molar-refractivity contribution in [2.75, 3.05) is 0 Å². The number of hydrogen-bond acceptors (Lipinski definition) is 6. The Morgan fingerprint density at radius 1 is 0.228 bits per heavy atom. The van der Waals surface area contributed by atoms with Gasteiger partial charge in [0, 0.05) is 92.7 Å². The molecule has 0 spiro atoms. The van der Waals surface area contributed by atoms with E-state index in [0.717, 1.165) is 172 Å². The Labute approximate surface area is 838 Å². The van der Waals surface area contributed by atoms with Gasteiger partial charge in [-0.1, -0.05) is 350 Å². The molecule has 9 nitrogen and oxygen atoms in total. The molecule has 0 aliphatic heterocycles. The Hall–Kier alpha value is -17.8. The molecular formula is C135H98N6O3Si. The van der Waals surface area contributed by atoms with Crippen LogP contribution in [0.5, 0.6) is 0 Å². The molecule has 20 aromatic carbocycles. The Morgan fingerprint density at radius 3 is 1.07 bits per heavy atom. The number of aryl methyl sites for hydroxylation is 1. The molecule has 0 saturated heterocycles. The van der Waals surface area contributed by atoms with Gasteiger partial charge in [0.1, 0.15) is 51.0 Å². The molecule has 10 heteroatoms. The number of nitrogens with zero attached hydrogens (tertiary/aromatic N) is 6. The van der Waals surface area contributed by atoms with E-state index in [9.17, 15) is 0 Å². The minimum atomic E-state index is -1.78. The second-order valence-electron chi connectivity index (χ2n) is 39.9. The molecule has 690 valence electrons. The van der Waals surface area contributed by atoms with Crippen LogP contribution in [0.2, 0.25) is 16.6 Å². The minimum Gasteiger partial charge on any atom is -0.456 e. The van der Waals surface area contributed by atoms with Crippen LogP contribution in [-0.2, 0) is 0 Å². The van der Waals surface area contributed by atoms with Crippen molar-refractivity contribution in [1.82, 2.24) is 28.7 Å². The molecule has 0 aliphatic rings. The van der Waals surface area contributed by atoms with Crippen molar-refractivity contribution in [3.05, 3.63) is 455 Å². The molecule has 0 atom stereocenters. The summed E-state index contributed by atoms with van der Waals surface area (Å²) in [6.07, 6.45) is 2.03. The third-order valence-electron chi connectivity index (χ3n) is 30.9. The lowest BCUT2D eigenvalue weighted by Gasteiger charge is -2.43. The molecule has 9 heterocycles. The highest BCUT2D eigenvalue weighted by Crippen LogP contribution is 2.49. The molecule has 29 aromatic rings. The molecule has 0 N–H and O–H groups in total. The highest BCUT2D eigenvalue weighted by Gasteiger charge is 2.44. The standard InChI is InChI=1S/C46H42N2OSi.C46H30N2O.C43H26N2O/c1-28(2)50(29(3)4,30(5)6)35-19-20-40-34(25-35)18-24-45(47-40)48-41-21-16-32(27-39(41)46-36-12-8-7-11-31(36)15-22-42(46)48)33-17-23-44-38(26-33)37-13-9-10-14-43(37)49-44;1-29-10-9-14-34(24-29)40-27-35(30-11-3-2-4-12-30)28-45(47-40)48-41-21-19-32(26-39(41)46-36-15-6-5-13-31(36)18-22-42(46)48)33-20-23-44-38(25-33)37-16-7-8-17-43(37)49-44;1-2-10-27(11-3-1)37-26-44-43(34-16-7-6-14-32(34)37)45-38-21-19-29(25-36(38)42-31-13-5-4-12-28(31)18-22-39(42)45)30-20-23-41-35(24-30)33-15-8-9-17-40(33)46-41/h7-30H,1-6H3;2-28H,1H3;1-26H. The summed E-state index contributed by atoms with van der Waals surface area (Å²) in [7, 11) is -1.78. The third kappa shape index (κ3) is 14.3. The van der Waals surface area contributed by atoms with E-state index >= 15 is 0 Å². The minimum absolute atomic E-state index is 0.658. The van der Waals surface area contributed by atoms with Gasteiger partial charge in [-0.2, -0.15) is 0 Å². The van der Waals surface area contributed by atoms with Crippen LogP contribution in [0, 0.1) is 6.92 Å². The second kappa shape index (κ2) is 34.6. The number of hydrogen-bond donors (Lipinski definition) is 0. The van der Waals surface area contributed by atoms with Crippen LogP contribution in [0.15, 0.2) is 462 Å². The van der Waals surface area contributed by atoms with Gasteiger partial charge in [-0.3, -0.25) is 13.7 Å². The average Bonchev–Trinajstić information content (AvgIpc) is 1.56. The lowest BCUT2D eigenvalue weighted by atomic mass is 9.99. The fraction of sp³-hybridized carbons (Fsp3) is 0.0741. The maximum absolute atomic E-state index is 6.15. The van der Waals surface area contributed by atoms with Gasteiger partial charge in [0.25, 0.3) is 0 Å². The van der Waals surface area contributed by atoms with Crippen molar-refractivity contribution in [2.45, 2.75) is 65.1 Å². The summed E-state index contributed by atoms with van der Waals surface area (Å²) in [5, 5.41) is 26.7. The number of aromatic nitrogens is 6. The van der Waals surface area contributed by atoms with Crippen LogP contribution in [-0.4, -0.2) is 36.7 Å². The largest absolute Gasteiger partial charge is 0.456 e. The molecule has 0 saturated carbocycles. The van der Waals surface area contributed by atoms with Gasteiger partial charge in [0.15, 0.2) is 0 Å². The van der Waals surface area contributed by atoms with Gasteiger partial charge >= 0.3 is 0 Å². The zero-order valence-electron chi connectivity index (χ0n) is 81.4. The first-order valence-corrected chi connectivity index (χ1v) is 52.6. The van der Waals surface area contributed by atoms with Crippen molar-refractivity contribution in [1.29, 1.82) is 0 Å². The Bertz CT molecular complexity index is 10300. The summed E-state index contributed by atoms with van der Waals surface area (Å²) in [6.45, 7) is 16.8. The van der Waals surface area contributed by atoms with Crippen molar-refractivity contribution >= 4 is 198 Å². The number of fused-ring (bicyclic) bond motifs is 26. The van der Waals surface area contributed by atoms with E-state index < -0.39 is 8.07 Å². The summed E-state index contributed by atoms with van der Waals surface area (Å²) in [6, 6.07) is 159. The van der Waals surface area contributed by atoms with Crippen LogP contribution in [0.3, 0.4) is 0 Å². The zero-order chi connectivity index (χ0) is 97.0.